The number of nitrogens with zero attached hydrogens (tertiary/aromatic N) is 4. The highest BCUT2D eigenvalue weighted by atomic mass is 19.1. The van der Waals surface area contributed by atoms with Gasteiger partial charge >= 0.3 is 0 Å². The summed E-state index contributed by atoms with van der Waals surface area (Å²) >= 11 is 0. The number of benzene rings is 1. The minimum Gasteiger partial charge on any atom is -0.377 e. The number of aryl methyl sites for hydroxylation is 2. The van der Waals surface area contributed by atoms with Gasteiger partial charge in [-0.25, -0.2) is 9.37 Å². The highest BCUT2D eigenvalue weighted by Crippen LogP contribution is 2.25. The summed E-state index contributed by atoms with van der Waals surface area (Å²) in [7, 11) is 0. The Balaban J connectivity index is 1.64. The van der Waals surface area contributed by atoms with Crippen molar-refractivity contribution < 1.29 is 4.39 Å². The molecule has 4 rings (SSSR count). The van der Waals surface area contributed by atoms with Crippen LogP contribution in [-0.2, 0) is 19.5 Å². The number of aromatic nitrogens is 4. The van der Waals surface area contributed by atoms with E-state index in [4.69, 9.17) is 0 Å². The molecule has 3 aromatic rings. The first kappa shape index (κ1) is 15.1. The number of anilines is 1. The van der Waals surface area contributed by atoms with Gasteiger partial charge in [-0.2, -0.15) is 0 Å². The van der Waals surface area contributed by atoms with Crippen LogP contribution in [0.1, 0.15) is 36.6 Å². The third kappa shape index (κ3) is 2.72. The van der Waals surface area contributed by atoms with Crippen molar-refractivity contribution in [2.45, 2.75) is 45.7 Å². The Morgan fingerprint density at radius 3 is 3.04 bits per heavy atom. The molecule has 0 spiro atoms. The van der Waals surface area contributed by atoms with E-state index in [0.717, 1.165) is 41.4 Å². The molecule has 3 heterocycles. The number of nitrogens with one attached hydrogen (secondary N) is 1. The Morgan fingerprint density at radius 1 is 1.21 bits per heavy atom. The van der Waals surface area contributed by atoms with Crippen LogP contribution < -0.4 is 5.32 Å². The number of hydrogen-bond acceptors (Lipinski definition) is 4. The van der Waals surface area contributed by atoms with Gasteiger partial charge in [0.15, 0.2) is 5.82 Å². The number of para-hydroxylation sites is 1. The number of hydrogen-bond donors (Lipinski definition) is 1. The lowest BCUT2D eigenvalue weighted by atomic mass is 10.1. The van der Waals surface area contributed by atoms with Gasteiger partial charge in [0.2, 0.25) is 0 Å². The molecule has 1 aromatic carbocycles. The molecule has 0 atom stereocenters. The maximum absolute atomic E-state index is 14.0. The summed E-state index contributed by atoms with van der Waals surface area (Å²) in [5, 5.41) is 12.8. The summed E-state index contributed by atoms with van der Waals surface area (Å²) in [6, 6.07) is 6.99. The molecule has 0 saturated heterocycles. The zero-order valence-electron chi connectivity index (χ0n) is 13.7. The van der Waals surface area contributed by atoms with Crippen molar-refractivity contribution in [3.63, 3.8) is 0 Å². The second-order valence-electron chi connectivity index (χ2n) is 6.30. The molecule has 0 unspecified atom stereocenters. The first-order valence-corrected chi connectivity index (χ1v) is 8.43. The SMILES string of the molecule is Cc1cc(NCc2nnc3n2CCCCC3)c2cccc(F)c2n1. The average molecular weight is 325 g/mol. The smallest absolute Gasteiger partial charge is 0.152 e. The minimum absolute atomic E-state index is 0.296. The molecule has 6 heteroatoms. The van der Waals surface area contributed by atoms with Gasteiger partial charge < -0.3 is 9.88 Å². The van der Waals surface area contributed by atoms with Gasteiger partial charge in [-0.3, -0.25) is 0 Å². The molecule has 0 radical (unpaired) electrons. The van der Waals surface area contributed by atoms with E-state index in [-0.39, 0.29) is 5.82 Å². The summed E-state index contributed by atoms with van der Waals surface area (Å²) in [6.07, 6.45) is 4.58. The third-order valence-electron chi connectivity index (χ3n) is 4.54. The molecular weight excluding hydrogens is 305 g/mol. The van der Waals surface area contributed by atoms with Crippen LogP contribution in [0.15, 0.2) is 24.3 Å². The van der Waals surface area contributed by atoms with Crippen LogP contribution in [0.2, 0.25) is 0 Å². The number of halogens is 1. The molecule has 0 aliphatic carbocycles. The fourth-order valence-corrected chi connectivity index (χ4v) is 3.34. The molecule has 124 valence electrons. The predicted molar refractivity (Wildman–Crippen MR) is 91.3 cm³/mol. The van der Waals surface area contributed by atoms with Crippen molar-refractivity contribution >= 4 is 16.6 Å². The van der Waals surface area contributed by atoms with Crippen molar-refractivity contribution in [2.24, 2.45) is 0 Å². The average Bonchev–Trinajstić information content (AvgIpc) is 2.80. The topological polar surface area (TPSA) is 55.6 Å². The molecule has 1 aliphatic heterocycles. The number of fused-ring (bicyclic) bond motifs is 2. The third-order valence-corrected chi connectivity index (χ3v) is 4.54. The molecular formula is C18H20FN5. The normalized spacial score (nSPS) is 14.4. The van der Waals surface area contributed by atoms with Gasteiger partial charge in [0, 0.05) is 29.7 Å². The van der Waals surface area contributed by atoms with Crippen molar-refractivity contribution in [2.75, 3.05) is 5.32 Å². The zero-order chi connectivity index (χ0) is 16.5. The molecule has 2 aromatic heterocycles. The van der Waals surface area contributed by atoms with E-state index in [1.54, 1.807) is 6.07 Å². The Morgan fingerprint density at radius 2 is 2.12 bits per heavy atom. The fraction of sp³-hybridized carbons (Fsp3) is 0.389. The first-order valence-electron chi connectivity index (χ1n) is 8.43. The molecule has 1 aliphatic rings. The van der Waals surface area contributed by atoms with E-state index >= 15 is 0 Å². The van der Waals surface area contributed by atoms with Gasteiger partial charge in [-0.15, -0.1) is 10.2 Å². The van der Waals surface area contributed by atoms with Crippen molar-refractivity contribution in [1.82, 2.24) is 19.7 Å². The van der Waals surface area contributed by atoms with E-state index in [9.17, 15) is 4.39 Å². The lowest BCUT2D eigenvalue weighted by Crippen LogP contribution is -2.10. The molecule has 0 amide bonds. The van der Waals surface area contributed by atoms with Crippen LogP contribution in [0, 0.1) is 12.7 Å². The van der Waals surface area contributed by atoms with Crippen LogP contribution in [0.25, 0.3) is 10.9 Å². The van der Waals surface area contributed by atoms with Gasteiger partial charge in [-0.05, 0) is 31.9 Å². The second kappa shape index (κ2) is 6.19. The molecule has 0 saturated carbocycles. The van der Waals surface area contributed by atoms with E-state index in [1.807, 2.05) is 19.1 Å². The quantitative estimate of drug-likeness (QED) is 0.799. The van der Waals surface area contributed by atoms with E-state index in [2.05, 4.69) is 25.1 Å². The maximum atomic E-state index is 14.0. The predicted octanol–water partition coefficient (Wildman–Crippen LogP) is 3.61. The van der Waals surface area contributed by atoms with Crippen molar-refractivity contribution in [3.8, 4) is 0 Å². The largest absolute Gasteiger partial charge is 0.377 e. The lowest BCUT2D eigenvalue weighted by molar-refractivity contribution is 0.610. The zero-order valence-corrected chi connectivity index (χ0v) is 13.7. The molecule has 0 bridgehead atoms. The summed E-state index contributed by atoms with van der Waals surface area (Å²) < 4.78 is 16.2. The number of pyridine rings is 1. The fourth-order valence-electron chi connectivity index (χ4n) is 3.34. The van der Waals surface area contributed by atoms with Gasteiger partial charge in [0.05, 0.1) is 6.54 Å². The molecule has 0 fully saturated rings. The summed E-state index contributed by atoms with van der Waals surface area (Å²) in [6.45, 7) is 3.42. The van der Waals surface area contributed by atoms with E-state index < -0.39 is 0 Å². The van der Waals surface area contributed by atoms with E-state index in [1.165, 1.54) is 25.3 Å². The van der Waals surface area contributed by atoms with Gasteiger partial charge in [0.1, 0.15) is 17.2 Å². The summed E-state index contributed by atoms with van der Waals surface area (Å²) in [4.78, 5) is 4.32. The molecule has 1 N–H and O–H groups in total. The Kier molecular flexibility index (Phi) is 3.88. The minimum atomic E-state index is -0.296. The van der Waals surface area contributed by atoms with Gasteiger partial charge in [-0.1, -0.05) is 18.6 Å². The molecule has 5 nitrogen and oxygen atoms in total. The van der Waals surface area contributed by atoms with Crippen LogP contribution in [0.4, 0.5) is 10.1 Å². The Labute approximate surface area is 139 Å². The first-order chi connectivity index (χ1) is 11.7. The van der Waals surface area contributed by atoms with E-state index in [0.29, 0.717) is 12.1 Å². The summed E-state index contributed by atoms with van der Waals surface area (Å²) in [5.41, 5.74) is 2.07. The Hall–Kier alpha value is -2.50. The monoisotopic (exact) mass is 325 g/mol. The highest BCUT2D eigenvalue weighted by Gasteiger charge is 2.15. The lowest BCUT2D eigenvalue weighted by Gasteiger charge is -2.12. The maximum Gasteiger partial charge on any atom is 0.152 e. The van der Waals surface area contributed by atoms with Crippen molar-refractivity contribution in [1.29, 1.82) is 0 Å². The van der Waals surface area contributed by atoms with Crippen molar-refractivity contribution in [3.05, 3.63) is 47.4 Å². The van der Waals surface area contributed by atoms with Crippen LogP contribution in [0.5, 0.6) is 0 Å². The van der Waals surface area contributed by atoms with Crippen LogP contribution in [0.3, 0.4) is 0 Å². The highest BCUT2D eigenvalue weighted by molar-refractivity contribution is 5.91. The number of rotatable bonds is 3. The standard InChI is InChI=1S/C18H20FN5/c1-12-10-15(13-6-5-7-14(19)18(13)21-12)20-11-17-23-22-16-8-3-2-4-9-24(16)17/h5-7,10H,2-4,8-9,11H2,1H3,(H,20,21). The molecule has 24 heavy (non-hydrogen) atoms. The second-order valence-corrected chi connectivity index (χ2v) is 6.30. The Bertz CT molecular complexity index is 886. The van der Waals surface area contributed by atoms with Gasteiger partial charge in [0.25, 0.3) is 0 Å². The summed E-state index contributed by atoms with van der Waals surface area (Å²) in [5.74, 6) is 1.72. The van der Waals surface area contributed by atoms with Crippen LogP contribution in [-0.4, -0.2) is 19.7 Å². The van der Waals surface area contributed by atoms with Crippen LogP contribution >= 0.6 is 0 Å².